The SMILES string of the molecule is CCN(CC(=O)N1CCN(c2ccc(C(F)(F)F)cn2)CC1)c1ccccc1. The number of carbonyl (C=O) groups excluding carboxylic acids is 1. The van der Waals surface area contributed by atoms with Crippen LogP contribution in [0.4, 0.5) is 24.7 Å². The lowest BCUT2D eigenvalue weighted by atomic mass is 10.2. The average Bonchev–Trinajstić information content (AvgIpc) is 2.72. The number of hydrogen-bond acceptors (Lipinski definition) is 4. The van der Waals surface area contributed by atoms with E-state index in [-0.39, 0.29) is 5.91 Å². The number of pyridine rings is 1. The first-order valence-corrected chi connectivity index (χ1v) is 9.24. The van der Waals surface area contributed by atoms with Gasteiger partial charge >= 0.3 is 6.18 Å². The lowest BCUT2D eigenvalue weighted by molar-refractivity contribution is -0.137. The summed E-state index contributed by atoms with van der Waals surface area (Å²) in [6.45, 7) is 5.17. The zero-order chi connectivity index (χ0) is 20.1. The zero-order valence-electron chi connectivity index (χ0n) is 15.7. The minimum atomic E-state index is -4.39. The summed E-state index contributed by atoms with van der Waals surface area (Å²) in [7, 11) is 0. The number of anilines is 2. The van der Waals surface area contributed by atoms with Crippen molar-refractivity contribution in [2.45, 2.75) is 13.1 Å². The van der Waals surface area contributed by atoms with Gasteiger partial charge in [0.05, 0.1) is 12.1 Å². The topological polar surface area (TPSA) is 39.7 Å². The average molecular weight is 392 g/mol. The fourth-order valence-electron chi connectivity index (χ4n) is 3.21. The molecule has 0 bridgehead atoms. The number of aromatic nitrogens is 1. The second-order valence-electron chi connectivity index (χ2n) is 6.62. The van der Waals surface area contributed by atoms with Gasteiger partial charge in [-0.2, -0.15) is 13.2 Å². The summed E-state index contributed by atoms with van der Waals surface area (Å²) < 4.78 is 38.0. The van der Waals surface area contributed by atoms with Crippen LogP contribution < -0.4 is 9.80 Å². The Bertz CT molecular complexity index is 772. The summed E-state index contributed by atoms with van der Waals surface area (Å²) in [6.07, 6.45) is -3.54. The molecule has 8 heteroatoms. The molecule has 1 aromatic carbocycles. The molecular weight excluding hydrogens is 369 g/mol. The maximum atomic E-state index is 12.7. The highest BCUT2D eigenvalue weighted by Crippen LogP contribution is 2.29. The number of piperazine rings is 1. The van der Waals surface area contributed by atoms with Crippen molar-refractivity contribution in [3.63, 3.8) is 0 Å². The third-order valence-electron chi connectivity index (χ3n) is 4.86. The molecule has 2 heterocycles. The van der Waals surface area contributed by atoms with Crippen molar-refractivity contribution in [3.8, 4) is 0 Å². The van der Waals surface area contributed by atoms with Crippen LogP contribution in [-0.2, 0) is 11.0 Å². The Morgan fingerprint density at radius 1 is 1.07 bits per heavy atom. The molecule has 1 aliphatic heterocycles. The number of hydrogen-bond donors (Lipinski definition) is 0. The van der Waals surface area contributed by atoms with Gasteiger partial charge in [0, 0.05) is 44.6 Å². The molecule has 1 fully saturated rings. The van der Waals surface area contributed by atoms with E-state index in [0.717, 1.165) is 24.5 Å². The van der Waals surface area contributed by atoms with Gasteiger partial charge in [0.25, 0.3) is 0 Å². The Labute approximate surface area is 162 Å². The fourth-order valence-corrected chi connectivity index (χ4v) is 3.21. The number of rotatable bonds is 5. The minimum absolute atomic E-state index is 0.0470. The summed E-state index contributed by atoms with van der Waals surface area (Å²) in [5.74, 6) is 0.547. The Kier molecular flexibility index (Phi) is 6.06. The first kappa shape index (κ1) is 20.0. The molecule has 3 rings (SSSR count). The van der Waals surface area contributed by atoms with Gasteiger partial charge in [-0.05, 0) is 31.2 Å². The summed E-state index contributed by atoms with van der Waals surface area (Å²) in [6, 6.07) is 12.2. The monoisotopic (exact) mass is 392 g/mol. The summed E-state index contributed by atoms with van der Waals surface area (Å²) >= 11 is 0. The number of halogens is 3. The maximum Gasteiger partial charge on any atom is 0.417 e. The standard InChI is InChI=1S/C20H23F3N4O/c1-2-25(17-6-4-3-5-7-17)15-19(28)27-12-10-26(11-13-27)18-9-8-16(14-24-18)20(21,22)23/h3-9,14H,2,10-13,15H2,1H3. The first-order chi connectivity index (χ1) is 13.4. The third-order valence-corrected chi connectivity index (χ3v) is 4.86. The predicted octanol–water partition coefficient (Wildman–Crippen LogP) is 3.28. The van der Waals surface area contributed by atoms with Crippen LogP contribution in [0, 0.1) is 0 Å². The van der Waals surface area contributed by atoms with E-state index >= 15 is 0 Å². The van der Waals surface area contributed by atoms with Crippen LogP contribution in [-0.4, -0.2) is 55.1 Å². The third kappa shape index (κ3) is 4.74. The van der Waals surface area contributed by atoms with Gasteiger partial charge in [0.1, 0.15) is 5.82 Å². The van der Waals surface area contributed by atoms with Crippen molar-refractivity contribution in [2.75, 3.05) is 49.1 Å². The van der Waals surface area contributed by atoms with Crippen molar-refractivity contribution in [1.29, 1.82) is 0 Å². The van der Waals surface area contributed by atoms with Gasteiger partial charge in [0.15, 0.2) is 0 Å². The van der Waals surface area contributed by atoms with Gasteiger partial charge in [0.2, 0.25) is 5.91 Å². The number of amides is 1. The van der Waals surface area contributed by atoms with Gasteiger partial charge in [-0.15, -0.1) is 0 Å². The van der Waals surface area contributed by atoms with Crippen LogP contribution in [0.3, 0.4) is 0 Å². The zero-order valence-corrected chi connectivity index (χ0v) is 15.7. The van der Waals surface area contributed by atoms with E-state index in [1.54, 1.807) is 4.90 Å². The van der Waals surface area contributed by atoms with Crippen LogP contribution in [0.25, 0.3) is 0 Å². The Morgan fingerprint density at radius 3 is 2.29 bits per heavy atom. The Hall–Kier alpha value is -2.77. The molecule has 0 atom stereocenters. The molecular formula is C20H23F3N4O. The lowest BCUT2D eigenvalue weighted by Gasteiger charge is -2.36. The predicted molar refractivity (Wildman–Crippen MR) is 102 cm³/mol. The van der Waals surface area contributed by atoms with Crippen LogP contribution >= 0.6 is 0 Å². The number of likely N-dealkylation sites (N-methyl/N-ethyl adjacent to an activating group) is 1. The smallest absolute Gasteiger partial charge is 0.362 e. The maximum absolute atomic E-state index is 12.7. The first-order valence-electron chi connectivity index (χ1n) is 9.24. The van der Waals surface area contributed by atoms with Crippen LogP contribution in [0.2, 0.25) is 0 Å². The second-order valence-corrected chi connectivity index (χ2v) is 6.62. The number of benzene rings is 1. The number of alkyl halides is 3. The van der Waals surface area contributed by atoms with E-state index in [9.17, 15) is 18.0 Å². The normalized spacial score (nSPS) is 14.9. The highest BCUT2D eigenvalue weighted by Gasteiger charge is 2.31. The van der Waals surface area contributed by atoms with Crippen molar-refractivity contribution in [2.24, 2.45) is 0 Å². The van der Waals surface area contributed by atoms with Crippen molar-refractivity contribution in [1.82, 2.24) is 9.88 Å². The molecule has 0 saturated carbocycles. The van der Waals surface area contributed by atoms with Crippen LogP contribution in [0.1, 0.15) is 12.5 Å². The molecule has 2 aromatic rings. The van der Waals surface area contributed by atoms with Crippen molar-refractivity contribution in [3.05, 3.63) is 54.2 Å². The van der Waals surface area contributed by atoms with E-state index in [1.165, 1.54) is 6.07 Å². The quantitative estimate of drug-likeness (QED) is 0.783. The molecule has 0 unspecified atom stereocenters. The van der Waals surface area contributed by atoms with E-state index in [4.69, 9.17) is 0 Å². The highest BCUT2D eigenvalue weighted by atomic mass is 19.4. The summed E-state index contributed by atoms with van der Waals surface area (Å²) in [5, 5.41) is 0. The minimum Gasteiger partial charge on any atom is -0.362 e. The van der Waals surface area contributed by atoms with E-state index in [1.807, 2.05) is 47.1 Å². The van der Waals surface area contributed by atoms with E-state index in [2.05, 4.69) is 4.98 Å². The van der Waals surface area contributed by atoms with Gasteiger partial charge in [-0.1, -0.05) is 18.2 Å². The molecule has 1 amide bonds. The lowest BCUT2D eigenvalue weighted by Crippen LogP contribution is -2.51. The molecule has 0 radical (unpaired) electrons. The fraction of sp³-hybridized carbons (Fsp3) is 0.400. The summed E-state index contributed by atoms with van der Waals surface area (Å²) in [4.78, 5) is 22.3. The molecule has 0 spiro atoms. The van der Waals surface area contributed by atoms with Crippen LogP contribution in [0.15, 0.2) is 48.7 Å². The molecule has 5 nitrogen and oxygen atoms in total. The molecule has 1 saturated heterocycles. The number of nitrogens with zero attached hydrogens (tertiary/aromatic N) is 4. The number of carbonyl (C=O) groups is 1. The van der Waals surface area contributed by atoms with Crippen molar-refractivity contribution < 1.29 is 18.0 Å². The van der Waals surface area contributed by atoms with E-state index in [0.29, 0.717) is 38.5 Å². The van der Waals surface area contributed by atoms with Crippen molar-refractivity contribution >= 4 is 17.4 Å². The molecule has 1 aliphatic rings. The molecule has 0 N–H and O–H groups in total. The van der Waals surface area contributed by atoms with Gasteiger partial charge in [-0.3, -0.25) is 4.79 Å². The highest BCUT2D eigenvalue weighted by molar-refractivity contribution is 5.81. The molecule has 28 heavy (non-hydrogen) atoms. The molecule has 1 aromatic heterocycles. The molecule has 0 aliphatic carbocycles. The van der Waals surface area contributed by atoms with Crippen LogP contribution in [0.5, 0.6) is 0 Å². The second kappa shape index (κ2) is 8.50. The van der Waals surface area contributed by atoms with Gasteiger partial charge < -0.3 is 14.7 Å². The van der Waals surface area contributed by atoms with E-state index < -0.39 is 11.7 Å². The Morgan fingerprint density at radius 2 is 1.75 bits per heavy atom. The number of para-hydroxylation sites is 1. The Balaban J connectivity index is 1.55. The van der Waals surface area contributed by atoms with Gasteiger partial charge in [-0.25, -0.2) is 4.98 Å². The largest absolute Gasteiger partial charge is 0.417 e. The molecule has 150 valence electrons. The summed E-state index contributed by atoms with van der Waals surface area (Å²) in [5.41, 5.74) is 0.247.